The van der Waals surface area contributed by atoms with Gasteiger partial charge in [0.05, 0.1) is 19.7 Å². The summed E-state index contributed by atoms with van der Waals surface area (Å²) in [4.78, 5) is 28.2. The molecule has 2 N–H and O–H groups in total. The first-order valence-electron chi connectivity index (χ1n) is 10.7. The number of nitrogens with one attached hydrogen (secondary N) is 2. The Morgan fingerprint density at radius 3 is 2.19 bits per heavy atom. The van der Waals surface area contributed by atoms with Gasteiger partial charge in [-0.15, -0.1) is 0 Å². The van der Waals surface area contributed by atoms with Crippen molar-refractivity contribution in [1.29, 1.82) is 0 Å². The molecular weight excluding hydrogens is 415 g/mol. The molecule has 1 fully saturated rings. The first-order valence-corrected chi connectivity index (χ1v) is 10.7. The van der Waals surface area contributed by atoms with Crippen LogP contribution in [0.5, 0.6) is 11.5 Å². The zero-order valence-corrected chi connectivity index (χ0v) is 18.2. The van der Waals surface area contributed by atoms with E-state index in [0.29, 0.717) is 51.6 Å². The largest absolute Gasteiger partial charge is 0.494 e. The van der Waals surface area contributed by atoms with E-state index in [2.05, 4.69) is 10.6 Å². The second-order valence-electron chi connectivity index (χ2n) is 7.30. The van der Waals surface area contributed by atoms with Crippen molar-refractivity contribution in [1.82, 2.24) is 15.1 Å². The molecule has 2 aromatic rings. The van der Waals surface area contributed by atoms with Gasteiger partial charge in [-0.3, -0.25) is 9.69 Å². The Morgan fingerprint density at radius 1 is 0.938 bits per heavy atom. The Morgan fingerprint density at radius 2 is 1.56 bits per heavy atom. The molecule has 3 amide bonds. The van der Waals surface area contributed by atoms with Crippen LogP contribution in [0.2, 0.25) is 0 Å². The maximum Gasteiger partial charge on any atom is 0.317 e. The minimum atomic E-state index is -0.347. The molecular formula is C23H29FN4O4. The summed E-state index contributed by atoms with van der Waals surface area (Å²) in [6.45, 7) is 5.81. The lowest BCUT2D eigenvalue weighted by molar-refractivity contribution is -0.117. The number of rotatable bonds is 9. The highest BCUT2D eigenvalue weighted by Crippen LogP contribution is 2.17. The molecule has 3 rings (SSSR count). The topological polar surface area (TPSA) is 83.1 Å². The summed E-state index contributed by atoms with van der Waals surface area (Å²) in [5, 5.41) is 5.60. The van der Waals surface area contributed by atoms with Crippen LogP contribution in [0.4, 0.5) is 14.9 Å². The first kappa shape index (κ1) is 23.3. The highest BCUT2D eigenvalue weighted by molar-refractivity contribution is 5.92. The summed E-state index contributed by atoms with van der Waals surface area (Å²) >= 11 is 0. The Hall–Kier alpha value is -3.33. The SMILES string of the molecule is CCOc1ccc(OCCNC(=O)N2CCN(CC(=O)Nc3ccc(F)cc3)CC2)cc1. The third-order valence-corrected chi connectivity index (χ3v) is 4.94. The Bertz CT molecular complexity index is 869. The van der Waals surface area contributed by atoms with Gasteiger partial charge in [0.15, 0.2) is 0 Å². The third kappa shape index (κ3) is 7.42. The molecule has 0 bridgehead atoms. The summed E-state index contributed by atoms with van der Waals surface area (Å²) in [6, 6.07) is 12.9. The number of benzene rings is 2. The first-order chi connectivity index (χ1) is 15.5. The molecule has 0 spiro atoms. The molecule has 0 aromatic heterocycles. The lowest BCUT2D eigenvalue weighted by atomic mass is 10.3. The second kappa shape index (κ2) is 11.9. The minimum absolute atomic E-state index is 0.143. The molecule has 2 aromatic carbocycles. The summed E-state index contributed by atoms with van der Waals surface area (Å²) in [7, 11) is 0. The molecule has 0 radical (unpaired) electrons. The van der Waals surface area contributed by atoms with E-state index in [9.17, 15) is 14.0 Å². The number of halogens is 1. The van der Waals surface area contributed by atoms with Crippen LogP contribution >= 0.6 is 0 Å². The number of amides is 3. The van der Waals surface area contributed by atoms with Crippen LogP contribution in [0, 0.1) is 5.82 Å². The Labute approximate surface area is 187 Å². The monoisotopic (exact) mass is 444 g/mol. The number of anilines is 1. The van der Waals surface area contributed by atoms with Crippen molar-refractivity contribution in [2.75, 3.05) is 57.8 Å². The lowest BCUT2D eigenvalue weighted by Gasteiger charge is -2.34. The predicted octanol–water partition coefficient (Wildman–Crippen LogP) is 2.57. The van der Waals surface area contributed by atoms with E-state index in [4.69, 9.17) is 9.47 Å². The molecule has 0 unspecified atom stereocenters. The van der Waals surface area contributed by atoms with E-state index in [1.54, 1.807) is 4.90 Å². The van der Waals surface area contributed by atoms with Crippen molar-refractivity contribution < 1.29 is 23.5 Å². The van der Waals surface area contributed by atoms with Crippen molar-refractivity contribution in [2.24, 2.45) is 0 Å². The van der Waals surface area contributed by atoms with E-state index >= 15 is 0 Å². The third-order valence-electron chi connectivity index (χ3n) is 4.94. The molecule has 1 heterocycles. The lowest BCUT2D eigenvalue weighted by Crippen LogP contribution is -2.53. The number of urea groups is 1. The Kier molecular flexibility index (Phi) is 8.68. The van der Waals surface area contributed by atoms with E-state index in [1.807, 2.05) is 36.1 Å². The van der Waals surface area contributed by atoms with Crippen LogP contribution in [0.15, 0.2) is 48.5 Å². The van der Waals surface area contributed by atoms with Gasteiger partial charge in [-0.05, 0) is 55.5 Å². The Balaban J connectivity index is 1.30. The fourth-order valence-electron chi connectivity index (χ4n) is 3.28. The van der Waals surface area contributed by atoms with Gasteiger partial charge in [-0.25, -0.2) is 9.18 Å². The molecule has 8 nitrogen and oxygen atoms in total. The van der Waals surface area contributed by atoms with Gasteiger partial charge < -0.3 is 25.0 Å². The van der Waals surface area contributed by atoms with Crippen LogP contribution < -0.4 is 20.1 Å². The molecule has 172 valence electrons. The van der Waals surface area contributed by atoms with Crippen molar-refractivity contribution in [3.05, 3.63) is 54.3 Å². The number of hydrogen-bond donors (Lipinski definition) is 2. The van der Waals surface area contributed by atoms with Gasteiger partial charge in [0.1, 0.15) is 23.9 Å². The molecule has 1 saturated heterocycles. The number of carbonyl (C=O) groups is 2. The maximum absolute atomic E-state index is 12.9. The van der Waals surface area contributed by atoms with Gasteiger partial charge in [0, 0.05) is 31.9 Å². The van der Waals surface area contributed by atoms with E-state index in [1.165, 1.54) is 24.3 Å². The molecule has 32 heavy (non-hydrogen) atoms. The normalized spacial score (nSPS) is 14.0. The number of piperazine rings is 1. The fourth-order valence-corrected chi connectivity index (χ4v) is 3.28. The number of hydrogen-bond acceptors (Lipinski definition) is 5. The van der Waals surface area contributed by atoms with E-state index in [0.717, 1.165) is 11.5 Å². The summed E-state index contributed by atoms with van der Waals surface area (Å²) < 4.78 is 24.0. The highest BCUT2D eigenvalue weighted by Gasteiger charge is 2.22. The molecule has 0 saturated carbocycles. The molecule has 9 heteroatoms. The van der Waals surface area contributed by atoms with Crippen LogP contribution in [-0.4, -0.2) is 74.2 Å². The van der Waals surface area contributed by atoms with Crippen LogP contribution in [0.3, 0.4) is 0 Å². The van der Waals surface area contributed by atoms with Crippen molar-refractivity contribution in [3.63, 3.8) is 0 Å². The molecule has 1 aliphatic heterocycles. The molecule has 0 atom stereocenters. The van der Waals surface area contributed by atoms with Crippen molar-refractivity contribution in [2.45, 2.75) is 6.92 Å². The maximum atomic E-state index is 12.9. The average Bonchev–Trinajstić information content (AvgIpc) is 2.80. The highest BCUT2D eigenvalue weighted by atomic mass is 19.1. The number of ether oxygens (including phenoxy) is 2. The minimum Gasteiger partial charge on any atom is -0.494 e. The van der Waals surface area contributed by atoms with Gasteiger partial charge in [-0.1, -0.05) is 0 Å². The fraction of sp³-hybridized carbons (Fsp3) is 0.391. The van der Waals surface area contributed by atoms with Gasteiger partial charge >= 0.3 is 6.03 Å². The number of carbonyl (C=O) groups excluding carboxylic acids is 2. The quantitative estimate of drug-likeness (QED) is 0.581. The molecule has 1 aliphatic rings. The number of nitrogens with zero attached hydrogens (tertiary/aromatic N) is 2. The zero-order chi connectivity index (χ0) is 22.8. The van der Waals surface area contributed by atoms with Crippen LogP contribution in [0.1, 0.15) is 6.92 Å². The predicted molar refractivity (Wildman–Crippen MR) is 120 cm³/mol. The summed E-state index contributed by atoms with van der Waals surface area (Å²) in [5.41, 5.74) is 0.557. The van der Waals surface area contributed by atoms with E-state index in [-0.39, 0.29) is 24.3 Å². The van der Waals surface area contributed by atoms with Gasteiger partial charge in [0.2, 0.25) is 5.91 Å². The summed E-state index contributed by atoms with van der Waals surface area (Å²) in [5.74, 6) is 0.997. The summed E-state index contributed by atoms with van der Waals surface area (Å²) in [6.07, 6.45) is 0. The van der Waals surface area contributed by atoms with Gasteiger partial charge in [-0.2, -0.15) is 0 Å². The standard InChI is InChI=1S/C23H29FN4O4/c1-2-31-20-7-9-21(10-8-20)32-16-11-25-23(30)28-14-12-27(13-15-28)17-22(29)26-19-5-3-18(24)4-6-19/h3-10H,2,11-17H2,1H3,(H,25,30)(H,26,29). The second-order valence-corrected chi connectivity index (χ2v) is 7.30. The van der Waals surface area contributed by atoms with Crippen LogP contribution in [0.25, 0.3) is 0 Å². The van der Waals surface area contributed by atoms with Crippen LogP contribution in [-0.2, 0) is 4.79 Å². The average molecular weight is 445 g/mol. The smallest absolute Gasteiger partial charge is 0.317 e. The van der Waals surface area contributed by atoms with Crippen molar-refractivity contribution >= 4 is 17.6 Å². The van der Waals surface area contributed by atoms with Crippen molar-refractivity contribution in [3.8, 4) is 11.5 Å². The van der Waals surface area contributed by atoms with E-state index < -0.39 is 0 Å². The van der Waals surface area contributed by atoms with Gasteiger partial charge in [0.25, 0.3) is 0 Å². The zero-order valence-electron chi connectivity index (χ0n) is 18.2. The molecule has 0 aliphatic carbocycles.